The molecule has 8 nitrogen and oxygen atoms in total. The zero-order valence-corrected chi connectivity index (χ0v) is 15.4. The lowest BCUT2D eigenvalue weighted by Crippen LogP contribution is -2.51. The van der Waals surface area contributed by atoms with Crippen molar-refractivity contribution in [1.82, 2.24) is 25.2 Å². The Kier molecular flexibility index (Phi) is 4.64. The fourth-order valence-corrected chi connectivity index (χ4v) is 3.30. The van der Waals surface area contributed by atoms with E-state index in [1.165, 1.54) is 12.1 Å². The minimum atomic E-state index is -0.296. The molecule has 0 spiro atoms. The van der Waals surface area contributed by atoms with Crippen LogP contribution in [0.3, 0.4) is 0 Å². The number of nitrogens with one attached hydrogen (secondary N) is 1. The van der Waals surface area contributed by atoms with Gasteiger partial charge in [-0.05, 0) is 36.4 Å². The maximum Gasteiger partial charge on any atom is 0.317 e. The summed E-state index contributed by atoms with van der Waals surface area (Å²) < 4.78 is 13.2. The van der Waals surface area contributed by atoms with Gasteiger partial charge in [0.2, 0.25) is 5.95 Å². The number of fused-ring (bicyclic) bond motifs is 1. The maximum absolute atomic E-state index is 13.2. The summed E-state index contributed by atoms with van der Waals surface area (Å²) >= 11 is 0. The van der Waals surface area contributed by atoms with Gasteiger partial charge in [0.05, 0.1) is 11.2 Å². The van der Waals surface area contributed by atoms with Crippen LogP contribution in [0.15, 0.2) is 36.4 Å². The maximum atomic E-state index is 13.2. The molecule has 3 aromatic rings. The Morgan fingerprint density at radius 2 is 1.75 bits per heavy atom. The average molecular weight is 381 g/mol. The molecular formula is C19H20FN7O. The number of rotatable bonds is 2. The van der Waals surface area contributed by atoms with E-state index < -0.39 is 0 Å². The van der Waals surface area contributed by atoms with Crippen LogP contribution in [0.2, 0.25) is 0 Å². The van der Waals surface area contributed by atoms with E-state index in [4.69, 9.17) is 10.7 Å². The molecule has 144 valence electrons. The number of hydrogen-bond donors (Lipinski definition) is 2. The van der Waals surface area contributed by atoms with E-state index in [-0.39, 0.29) is 17.8 Å². The highest BCUT2D eigenvalue weighted by molar-refractivity contribution is 5.88. The fraction of sp³-hybridized carbons (Fsp3) is 0.263. The molecule has 0 atom stereocenters. The SMILES string of the molecule is CNC(=O)N1CCN(c2nc(N)nc3ccc(-c4ccc(F)cc4)nc23)CC1. The first-order valence-electron chi connectivity index (χ1n) is 8.97. The normalized spacial score (nSPS) is 14.4. The second kappa shape index (κ2) is 7.26. The smallest absolute Gasteiger partial charge is 0.317 e. The topological polar surface area (TPSA) is 100 Å². The van der Waals surface area contributed by atoms with Gasteiger partial charge in [0.15, 0.2) is 5.82 Å². The standard InChI is InChI=1S/C19H20FN7O/c1-22-19(28)27-10-8-26(9-11-27)17-16-15(24-18(21)25-17)7-6-14(23-16)12-2-4-13(20)5-3-12/h2-7H,8-11H2,1H3,(H,22,28)(H2,21,24,25). The van der Waals surface area contributed by atoms with Crippen LogP contribution >= 0.6 is 0 Å². The van der Waals surface area contributed by atoms with Crippen LogP contribution in [-0.4, -0.2) is 59.1 Å². The summed E-state index contributed by atoms with van der Waals surface area (Å²) in [5, 5.41) is 2.64. The Labute approximate surface area is 161 Å². The van der Waals surface area contributed by atoms with Gasteiger partial charge in [-0.1, -0.05) is 0 Å². The molecule has 1 fully saturated rings. The number of benzene rings is 1. The second-order valence-corrected chi connectivity index (χ2v) is 6.51. The minimum Gasteiger partial charge on any atom is -0.368 e. The number of aromatic nitrogens is 3. The van der Waals surface area contributed by atoms with Crippen LogP contribution < -0.4 is 16.0 Å². The molecular weight excluding hydrogens is 361 g/mol. The lowest BCUT2D eigenvalue weighted by molar-refractivity contribution is 0.196. The highest BCUT2D eigenvalue weighted by Crippen LogP contribution is 2.27. The largest absolute Gasteiger partial charge is 0.368 e. The number of pyridine rings is 1. The highest BCUT2D eigenvalue weighted by Gasteiger charge is 2.23. The minimum absolute atomic E-state index is 0.0940. The first kappa shape index (κ1) is 17.9. The first-order valence-corrected chi connectivity index (χ1v) is 8.97. The summed E-state index contributed by atoms with van der Waals surface area (Å²) in [5.41, 5.74) is 8.67. The number of carbonyl (C=O) groups excluding carboxylic acids is 1. The Hall–Kier alpha value is -3.49. The van der Waals surface area contributed by atoms with Gasteiger partial charge in [0, 0.05) is 38.8 Å². The summed E-state index contributed by atoms with van der Waals surface area (Å²) in [6.45, 7) is 2.37. The number of nitrogens with two attached hydrogens (primary N) is 1. The van der Waals surface area contributed by atoms with Crippen LogP contribution in [0.1, 0.15) is 0 Å². The van der Waals surface area contributed by atoms with E-state index >= 15 is 0 Å². The Balaban J connectivity index is 1.70. The summed E-state index contributed by atoms with van der Waals surface area (Å²) in [6.07, 6.45) is 0. The fourth-order valence-electron chi connectivity index (χ4n) is 3.30. The van der Waals surface area contributed by atoms with Crippen LogP contribution in [0.25, 0.3) is 22.3 Å². The molecule has 28 heavy (non-hydrogen) atoms. The molecule has 1 aromatic carbocycles. The number of halogens is 1. The predicted octanol–water partition coefficient (Wildman–Crippen LogP) is 1.87. The summed E-state index contributed by atoms with van der Waals surface area (Å²) in [6, 6.07) is 9.74. The molecule has 9 heteroatoms. The van der Waals surface area contributed by atoms with Gasteiger partial charge in [-0.15, -0.1) is 0 Å². The highest BCUT2D eigenvalue weighted by atomic mass is 19.1. The number of urea groups is 1. The van der Waals surface area contributed by atoms with Gasteiger partial charge < -0.3 is 20.9 Å². The molecule has 0 aliphatic carbocycles. The van der Waals surface area contributed by atoms with Gasteiger partial charge >= 0.3 is 6.03 Å². The number of amides is 2. The molecule has 1 aliphatic heterocycles. The number of nitrogens with zero attached hydrogens (tertiary/aromatic N) is 5. The van der Waals surface area contributed by atoms with Crippen molar-refractivity contribution in [2.24, 2.45) is 0 Å². The van der Waals surface area contributed by atoms with Gasteiger partial charge in [-0.2, -0.15) is 4.98 Å². The summed E-state index contributed by atoms with van der Waals surface area (Å²) in [4.78, 5) is 29.0. The lowest BCUT2D eigenvalue weighted by Gasteiger charge is -2.35. The molecule has 2 aromatic heterocycles. The van der Waals surface area contributed by atoms with Crippen LogP contribution in [-0.2, 0) is 0 Å². The molecule has 0 unspecified atom stereocenters. The Morgan fingerprint density at radius 1 is 1.04 bits per heavy atom. The summed E-state index contributed by atoms with van der Waals surface area (Å²) in [5.74, 6) is 0.519. The predicted molar refractivity (Wildman–Crippen MR) is 105 cm³/mol. The average Bonchev–Trinajstić information content (AvgIpc) is 2.73. The van der Waals surface area contributed by atoms with E-state index in [1.807, 2.05) is 12.1 Å². The Bertz CT molecular complexity index is 1020. The molecule has 3 N–H and O–H groups in total. The summed E-state index contributed by atoms with van der Waals surface area (Å²) in [7, 11) is 1.62. The molecule has 1 aliphatic rings. The van der Waals surface area contributed by atoms with Crippen molar-refractivity contribution in [3.8, 4) is 11.3 Å². The van der Waals surface area contributed by atoms with E-state index in [0.29, 0.717) is 48.7 Å². The van der Waals surface area contributed by atoms with Crippen molar-refractivity contribution < 1.29 is 9.18 Å². The number of nitrogen functional groups attached to an aromatic ring is 1. The van der Waals surface area contributed by atoms with Crippen molar-refractivity contribution in [1.29, 1.82) is 0 Å². The third-order valence-electron chi connectivity index (χ3n) is 4.76. The van der Waals surface area contributed by atoms with Crippen molar-refractivity contribution >= 4 is 28.8 Å². The molecule has 3 heterocycles. The van der Waals surface area contributed by atoms with Crippen LogP contribution in [0.5, 0.6) is 0 Å². The molecule has 4 rings (SSSR count). The van der Waals surface area contributed by atoms with E-state index in [1.54, 1.807) is 24.1 Å². The second-order valence-electron chi connectivity index (χ2n) is 6.51. The van der Waals surface area contributed by atoms with E-state index in [9.17, 15) is 9.18 Å². The van der Waals surface area contributed by atoms with E-state index in [0.717, 1.165) is 5.56 Å². The molecule has 2 amide bonds. The van der Waals surface area contributed by atoms with Crippen molar-refractivity contribution in [2.75, 3.05) is 43.9 Å². The molecule has 1 saturated heterocycles. The van der Waals surface area contributed by atoms with Crippen LogP contribution in [0.4, 0.5) is 21.0 Å². The van der Waals surface area contributed by atoms with E-state index in [2.05, 4.69) is 20.2 Å². The zero-order valence-electron chi connectivity index (χ0n) is 15.4. The van der Waals surface area contributed by atoms with Gasteiger partial charge in [0.25, 0.3) is 0 Å². The van der Waals surface area contributed by atoms with Crippen LogP contribution in [0, 0.1) is 5.82 Å². The number of anilines is 2. The zero-order chi connectivity index (χ0) is 19.7. The quantitative estimate of drug-likeness (QED) is 0.703. The van der Waals surface area contributed by atoms with Gasteiger partial charge in [0.1, 0.15) is 11.3 Å². The third kappa shape index (κ3) is 3.38. The number of piperazine rings is 1. The van der Waals surface area contributed by atoms with Crippen molar-refractivity contribution in [3.63, 3.8) is 0 Å². The molecule has 0 radical (unpaired) electrons. The third-order valence-corrected chi connectivity index (χ3v) is 4.76. The first-order chi connectivity index (χ1) is 13.5. The molecule has 0 bridgehead atoms. The monoisotopic (exact) mass is 381 g/mol. The van der Waals surface area contributed by atoms with Gasteiger partial charge in [-0.25, -0.2) is 19.2 Å². The number of hydrogen-bond acceptors (Lipinski definition) is 6. The van der Waals surface area contributed by atoms with Crippen molar-refractivity contribution in [3.05, 3.63) is 42.2 Å². The lowest BCUT2D eigenvalue weighted by atomic mass is 10.1. The number of carbonyl (C=O) groups is 1. The Morgan fingerprint density at radius 3 is 2.43 bits per heavy atom. The van der Waals surface area contributed by atoms with Crippen molar-refractivity contribution in [2.45, 2.75) is 0 Å². The van der Waals surface area contributed by atoms with Gasteiger partial charge in [-0.3, -0.25) is 0 Å². The molecule has 0 saturated carbocycles.